The fourth-order valence-electron chi connectivity index (χ4n) is 2.37. The standard InChI is InChI=1S/C12H14FN5/c1-7-4-9(5-7)18-12(15-16-17-18)8-2-3-10(13)11(14)6-8/h2-3,6-7,9H,4-5,14H2,1H3. The first-order chi connectivity index (χ1) is 8.65. The highest BCUT2D eigenvalue weighted by Crippen LogP contribution is 2.38. The Morgan fingerprint density at radius 2 is 2.17 bits per heavy atom. The molecule has 1 aromatic heterocycles. The van der Waals surface area contributed by atoms with E-state index in [9.17, 15) is 4.39 Å². The van der Waals surface area contributed by atoms with E-state index in [2.05, 4.69) is 22.4 Å². The molecule has 0 atom stereocenters. The predicted molar refractivity (Wildman–Crippen MR) is 65.1 cm³/mol. The van der Waals surface area contributed by atoms with Crippen molar-refractivity contribution in [2.45, 2.75) is 25.8 Å². The zero-order valence-electron chi connectivity index (χ0n) is 10.0. The molecule has 18 heavy (non-hydrogen) atoms. The quantitative estimate of drug-likeness (QED) is 0.824. The SMILES string of the molecule is CC1CC(n2nnnc2-c2ccc(F)c(N)c2)C1. The monoisotopic (exact) mass is 247 g/mol. The van der Waals surface area contributed by atoms with E-state index in [0.29, 0.717) is 17.8 Å². The van der Waals surface area contributed by atoms with E-state index >= 15 is 0 Å². The molecule has 0 spiro atoms. The minimum atomic E-state index is -0.421. The number of aromatic nitrogens is 4. The van der Waals surface area contributed by atoms with E-state index in [1.165, 1.54) is 6.07 Å². The number of hydrogen-bond donors (Lipinski definition) is 1. The summed E-state index contributed by atoms with van der Waals surface area (Å²) in [6, 6.07) is 4.90. The minimum absolute atomic E-state index is 0.115. The van der Waals surface area contributed by atoms with E-state index in [1.54, 1.807) is 12.1 Å². The number of nitrogen functional groups attached to an aromatic ring is 1. The van der Waals surface area contributed by atoms with Crippen LogP contribution in [0, 0.1) is 11.7 Å². The lowest BCUT2D eigenvalue weighted by atomic mass is 9.82. The van der Waals surface area contributed by atoms with Crippen LogP contribution in [0.2, 0.25) is 0 Å². The molecule has 3 rings (SSSR count). The van der Waals surface area contributed by atoms with E-state index in [0.717, 1.165) is 18.4 Å². The van der Waals surface area contributed by atoms with E-state index in [4.69, 9.17) is 5.73 Å². The largest absolute Gasteiger partial charge is 0.396 e. The summed E-state index contributed by atoms with van der Waals surface area (Å²) in [4.78, 5) is 0. The van der Waals surface area contributed by atoms with Gasteiger partial charge in [0.1, 0.15) is 5.82 Å². The number of rotatable bonds is 2. The third-order valence-electron chi connectivity index (χ3n) is 3.44. The average molecular weight is 247 g/mol. The van der Waals surface area contributed by atoms with Crippen LogP contribution in [-0.4, -0.2) is 20.2 Å². The third kappa shape index (κ3) is 1.73. The molecule has 1 heterocycles. The van der Waals surface area contributed by atoms with E-state index in [1.807, 2.05) is 4.68 Å². The molecule has 0 aliphatic heterocycles. The molecule has 0 radical (unpaired) electrons. The molecule has 94 valence electrons. The van der Waals surface area contributed by atoms with Gasteiger partial charge in [-0.15, -0.1) is 5.10 Å². The number of nitrogens with zero attached hydrogens (tertiary/aromatic N) is 4. The van der Waals surface area contributed by atoms with Gasteiger partial charge in [-0.2, -0.15) is 0 Å². The van der Waals surface area contributed by atoms with Crippen molar-refractivity contribution in [2.24, 2.45) is 5.92 Å². The van der Waals surface area contributed by atoms with Gasteiger partial charge in [0.15, 0.2) is 5.82 Å². The Kier molecular flexibility index (Phi) is 2.50. The van der Waals surface area contributed by atoms with Gasteiger partial charge in [-0.05, 0) is 47.4 Å². The van der Waals surface area contributed by atoms with Gasteiger partial charge in [-0.1, -0.05) is 6.92 Å². The maximum absolute atomic E-state index is 13.1. The maximum atomic E-state index is 13.1. The number of anilines is 1. The normalized spacial score (nSPS) is 22.8. The van der Waals surface area contributed by atoms with Crippen molar-refractivity contribution in [1.29, 1.82) is 0 Å². The molecule has 0 unspecified atom stereocenters. The van der Waals surface area contributed by atoms with Crippen LogP contribution in [0.25, 0.3) is 11.4 Å². The summed E-state index contributed by atoms with van der Waals surface area (Å²) >= 11 is 0. The Bertz CT molecular complexity index is 574. The number of nitrogens with two attached hydrogens (primary N) is 1. The number of benzene rings is 1. The van der Waals surface area contributed by atoms with Crippen LogP contribution in [0.4, 0.5) is 10.1 Å². The van der Waals surface area contributed by atoms with Crippen molar-refractivity contribution in [3.63, 3.8) is 0 Å². The van der Waals surface area contributed by atoms with Gasteiger partial charge in [-0.25, -0.2) is 9.07 Å². The molecule has 6 heteroatoms. The van der Waals surface area contributed by atoms with Crippen LogP contribution >= 0.6 is 0 Å². The Balaban J connectivity index is 1.96. The molecule has 1 saturated carbocycles. The summed E-state index contributed by atoms with van der Waals surface area (Å²) in [5, 5.41) is 11.7. The van der Waals surface area contributed by atoms with Gasteiger partial charge in [0, 0.05) is 5.56 Å². The summed E-state index contributed by atoms with van der Waals surface area (Å²) in [7, 11) is 0. The van der Waals surface area contributed by atoms with Crippen molar-refractivity contribution in [3.05, 3.63) is 24.0 Å². The molecule has 2 N–H and O–H groups in total. The summed E-state index contributed by atoms with van der Waals surface area (Å²) in [6.45, 7) is 2.20. The summed E-state index contributed by atoms with van der Waals surface area (Å²) < 4.78 is 15.0. The second-order valence-corrected chi connectivity index (χ2v) is 4.91. The van der Waals surface area contributed by atoms with Crippen molar-refractivity contribution in [3.8, 4) is 11.4 Å². The smallest absolute Gasteiger partial charge is 0.182 e. The van der Waals surface area contributed by atoms with Crippen LogP contribution in [0.3, 0.4) is 0 Å². The second kappa shape index (κ2) is 4.04. The lowest BCUT2D eigenvalue weighted by Gasteiger charge is -2.32. The lowest BCUT2D eigenvalue weighted by molar-refractivity contribution is 0.199. The predicted octanol–water partition coefficient (Wildman–Crippen LogP) is 2.03. The summed E-state index contributed by atoms with van der Waals surface area (Å²) in [6.07, 6.45) is 2.16. The minimum Gasteiger partial charge on any atom is -0.396 e. The van der Waals surface area contributed by atoms with Crippen LogP contribution < -0.4 is 5.73 Å². The molecule has 1 aliphatic carbocycles. The Labute approximate surface area is 104 Å². The fourth-order valence-corrected chi connectivity index (χ4v) is 2.37. The number of halogens is 1. The van der Waals surface area contributed by atoms with Crippen LogP contribution in [0.5, 0.6) is 0 Å². The zero-order valence-corrected chi connectivity index (χ0v) is 10.0. The molecule has 1 fully saturated rings. The number of tetrazole rings is 1. The first kappa shape index (κ1) is 11.1. The van der Waals surface area contributed by atoms with E-state index < -0.39 is 5.82 Å². The molecule has 1 aromatic carbocycles. The van der Waals surface area contributed by atoms with Gasteiger partial charge in [0.05, 0.1) is 11.7 Å². The maximum Gasteiger partial charge on any atom is 0.182 e. The molecular weight excluding hydrogens is 233 g/mol. The fraction of sp³-hybridized carbons (Fsp3) is 0.417. The summed E-state index contributed by atoms with van der Waals surface area (Å²) in [5.74, 6) is 0.943. The molecular formula is C12H14FN5. The van der Waals surface area contributed by atoms with Gasteiger partial charge in [-0.3, -0.25) is 0 Å². The van der Waals surface area contributed by atoms with Gasteiger partial charge >= 0.3 is 0 Å². The zero-order chi connectivity index (χ0) is 12.7. The van der Waals surface area contributed by atoms with Crippen LogP contribution in [0.1, 0.15) is 25.8 Å². The molecule has 0 saturated heterocycles. The Hall–Kier alpha value is -1.98. The first-order valence-electron chi connectivity index (χ1n) is 5.98. The molecule has 2 aromatic rings. The van der Waals surface area contributed by atoms with Gasteiger partial charge < -0.3 is 5.73 Å². The van der Waals surface area contributed by atoms with Crippen molar-refractivity contribution < 1.29 is 4.39 Å². The molecule has 1 aliphatic rings. The average Bonchev–Trinajstić information content (AvgIpc) is 2.77. The Morgan fingerprint density at radius 1 is 1.39 bits per heavy atom. The highest BCUT2D eigenvalue weighted by Gasteiger charge is 2.30. The van der Waals surface area contributed by atoms with Crippen LogP contribution in [0.15, 0.2) is 18.2 Å². The Morgan fingerprint density at radius 3 is 2.83 bits per heavy atom. The molecule has 0 amide bonds. The van der Waals surface area contributed by atoms with Crippen molar-refractivity contribution in [1.82, 2.24) is 20.2 Å². The van der Waals surface area contributed by atoms with Gasteiger partial charge in [0.2, 0.25) is 0 Å². The van der Waals surface area contributed by atoms with E-state index in [-0.39, 0.29) is 5.69 Å². The van der Waals surface area contributed by atoms with Crippen molar-refractivity contribution >= 4 is 5.69 Å². The first-order valence-corrected chi connectivity index (χ1v) is 5.98. The molecule has 5 nitrogen and oxygen atoms in total. The molecule has 0 bridgehead atoms. The summed E-state index contributed by atoms with van der Waals surface area (Å²) in [5.41, 5.74) is 6.43. The van der Waals surface area contributed by atoms with Gasteiger partial charge in [0.25, 0.3) is 0 Å². The highest BCUT2D eigenvalue weighted by atomic mass is 19.1. The van der Waals surface area contributed by atoms with Crippen LogP contribution in [-0.2, 0) is 0 Å². The topological polar surface area (TPSA) is 69.6 Å². The third-order valence-corrected chi connectivity index (χ3v) is 3.44. The second-order valence-electron chi connectivity index (χ2n) is 4.91. The highest BCUT2D eigenvalue weighted by molar-refractivity contribution is 5.61. The number of hydrogen-bond acceptors (Lipinski definition) is 4. The van der Waals surface area contributed by atoms with Crippen molar-refractivity contribution in [2.75, 3.05) is 5.73 Å². The lowest BCUT2D eigenvalue weighted by Crippen LogP contribution is -2.26.